The van der Waals surface area contributed by atoms with E-state index in [0.29, 0.717) is 53.4 Å². The highest BCUT2D eigenvalue weighted by Crippen LogP contribution is 2.33. The van der Waals surface area contributed by atoms with Crippen molar-refractivity contribution < 1.29 is 17.9 Å². The molecule has 1 fully saturated rings. The molecule has 0 atom stereocenters. The monoisotopic (exact) mass is 531 g/mol. The third-order valence-corrected chi connectivity index (χ3v) is 10.1. The fourth-order valence-electron chi connectivity index (χ4n) is 4.13. The van der Waals surface area contributed by atoms with E-state index in [9.17, 15) is 13.2 Å². The Balaban J connectivity index is 1.31. The Kier molecular flexibility index (Phi) is 6.62. The van der Waals surface area contributed by atoms with Crippen LogP contribution in [0.3, 0.4) is 0 Å². The number of aromatic nitrogens is 3. The molecule has 1 aliphatic heterocycles. The summed E-state index contributed by atoms with van der Waals surface area (Å²) in [5.41, 5.74) is 1.51. The Morgan fingerprint density at radius 1 is 1.23 bits per heavy atom. The van der Waals surface area contributed by atoms with Gasteiger partial charge in [-0.3, -0.25) is 4.79 Å². The van der Waals surface area contributed by atoms with Crippen LogP contribution in [0.25, 0.3) is 15.3 Å². The molecule has 4 heterocycles. The molecule has 3 aromatic heterocycles. The molecular formula is C23H25N5O4S3. The molecule has 1 aromatic carbocycles. The second-order valence-electron chi connectivity index (χ2n) is 8.21. The normalized spacial score (nSPS) is 15.5. The summed E-state index contributed by atoms with van der Waals surface area (Å²) in [5, 5.41) is 9.92. The number of carbonyl (C=O) groups is 1. The molecule has 0 bridgehead atoms. The number of nitrogens with zero attached hydrogens (tertiary/aromatic N) is 4. The zero-order valence-electron chi connectivity index (χ0n) is 19.3. The summed E-state index contributed by atoms with van der Waals surface area (Å²) in [6.45, 7) is 4.96. The first-order chi connectivity index (χ1) is 16.9. The van der Waals surface area contributed by atoms with Crippen molar-refractivity contribution in [2.75, 3.05) is 25.0 Å². The molecule has 0 saturated carbocycles. The fraction of sp³-hybridized carbons (Fsp3) is 0.348. The zero-order chi connectivity index (χ0) is 24.6. The Morgan fingerprint density at radius 3 is 2.74 bits per heavy atom. The van der Waals surface area contributed by atoms with Gasteiger partial charge in [-0.25, -0.2) is 13.4 Å². The molecule has 0 unspecified atom stereocenters. The van der Waals surface area contributed by atoms with Crippen LogP contribution in [0.2, 0.25) is 0 Å². The van der Waals surface area contributed by atoms with Crippen molar-refractivity contribution in [2.45, 2.75) is 30.9 Å². The summed E-state index contributed by atoms with van der Waals surface area (Å²) in [4.78, 5) is 17.8. The molecule has 1 saturated heterocycles. The second kappa shape index (κ2) is 9.69. The first kappa shape index (κ1) is 23.9. The van der Waals surface area contributed by atoms with Gasteiger partial charge in [-0.05, 0) is 50.3 Å². The second-order valence-corrected chi connectivity index (χ2v) is 12.3. The van der Waals surface area contributed by atoms with Crippen LogP contribution in [-0.4, -0.2) is 53.1 Å². The Labute approximate surface area is 211 Å². The fourth-order valence-corrected chi connectivity index (χ4v) is 7.70. The molecule has 0 aliphatic carbocycles. The van der Waals surface area contributed by atoms with Crippen molar-refractivity contribution in [3.63, 3.8) is 0 Å². The number of benzene rings is 1. The van der Waals surface area contributed by atoms with Gasteiger partial charge in [0.15, 0.2) is 0 Å². The van der Waals surface area contributed by atoms with Crippen LogP contribution in [0.15, 0.2) is 46.0 Å². The van der Waals surface area contributed by atoms with Crippen LogP contribution in [0, 0.1) is 12.8 Å². The van der Waals surface area contributed by atoms with Gasteiger partial charge in [-0.15, -0.1) is 11.3 Å². The number of thiophene rings is 1. The summed E-state index contributed by atoms with van der Waals surface area (Å²) >= 11 is 2.68. The number of hydrogen-bond donors (Lipinski definition) is 1. The molecule has 1 N–H and O–H groups in total. The number of piperidine rings is 1. The number of hydrogen-bond acceptors (Lipinski definition) is 8. The smallest absolute Gasteiger partial charge is 0.252 e. The zero-order valence-corrected chi connectivity index (χ0v) is 21.8. The molecule has 184 valence electrons. The predicted octanol–water partition coefficient (Wildman–Crippen LogP) is 4.29. The summed E-state index contributed by atoms with van der Waals surface area (Å²) in [5.74, 6) is 0.827. The van der Waals surface area contributed by atoms with Gasteiger partial charge in [0.05, 0.1) is 17.0 Å². The predicted molar refractivity (Wildman–Crippen MR) is 137 cm³/mol. The van der Waals surface area contributed by atoms with Gasteiger partial charge < -0.3 is 10.1 Å². The van der Waals surface area contributed by atoms with Crippen LogP contribution in [0.4, 0.5) is 5.82 Å². The maximum atomic E-state index is 13.1. The van der Waals surface area contributed by atoms with Gasteiger partial charge in [0.1, 0.15) is 21.3 Å². The number of thiazole rings is 1. The van der Waals surface area contributed by atoms with Gasteiger partial charge in [0.25, 0.3) is 10.0 Å². The molecule has 9 nitrogen and oxygen atoms in total. The van der Waals surface area contributed by atoms with Gasteiger partial charge in [0, 0.05) is 25.1 Å². The molecule has 0 radical (unpaired) electrons. The van der Waals surface area contributed by atoms with Crippen molar-refractivity contribution in [3.8, 4) is 10.9 Å². The Morgan fingerprint density at radius 2 is 2.03 bits per heavy atom. The number of ether oxygens (including phenoxy) is 1. The molecule has 1 aliphatic rings. The van der Waals surface area contributed by atoms with Crippen molar-refractivity contribution >= 4 is 54.6 Å². The minimum atomic E-state index is -3.50. The molecule has 4 aromatic rings. The summed E-state index contributed by atoms with van der Waals surface area (Å²) in [7, 11) is -3.50. The van der Waals surface area contributed by atoms with E-state index in [4.69, 9.17) is 9.72 Å². The molecule has 5 rings (SSSR count). The van der Waals surface area contributed by atoms with Crippen molar-refractivity contribution in [3.05, 3.63) is 47.5 Å². The van der Waals surface area contributed by atoms with Crippen LogP contribution in [0.1, 0.15) is 25.5 Å². The number of fused-ring (bicyclic) bond motifs is 1. The van der Waals surface area contributed by atoms with E-state index in [1.807, 2.05) is 38.1 Å². The first-order valence-corrected chi connectivity index (χ1v) is 14.4. The van der Waals surface area contributed by atoms with Crippen molar-refractivity contribution in [1.82, 2.24) is 19.1 Å². The van der Waals surface area contributed by atoms with Crippen molar-refractivity contribution in [2.24, 2.45) is 5.92 Å². The third kappa shape index (κ3) is 4.70. The van der Waals surface area contributed by atoms with Gasteiger partial charge in [0.2, 0.25) is 11.0 Å². The lowest BCUT2D eigenvalue weighted by Crippen LogP contribution is -2.41. The number of para-hydroxylation sites is 1. The van der Waals surface area contributed by atoms with Gasteiger partial charge in [-0.2, -0.15) is 14.1 Å². The highest BCUT2D eigenvalue weighted by atomic mass is 32.2. The van der Waals surface area contributed by atoms with E-state index < -0.39 is 10.0 Å². The quantitative estimate of drug-likeness (QED) is 0.381. The summed E-state index contributed by atoms with van der Waals surface area (Å²) in [6.07, 6.45) is 0.921. The maximum absolute atomic E-state index is 13.1. The average molecular weight is 532 g/mol. The van der Waals surface area contributed by atoms with E-state index >= 15 is 0 Å². The number of rotatable bonds is 7. The summed E-state index contributed by atoms with van der Waals surface area (Å²) in [6, 6.07) is 10.9. The largest absolute Gasteiger partial charge is 0.492 e. The Bertz CT molecular complexity index is 1450. The minimum absolute atomic E-state index is 0.143. The molecule has 1 amide bonds. The molecule has 12 heteroatoms. The number of carbonyl (C=O) groups excluding carboxylic acids is 1. The summed E-state index contributed by atoms with van der Waals surface area (Å²) < 4.78 is 35.7. The number of anilines is 1. The highest BCUT2D eigenvalue weighted by Gasteiger charge is 2.33. The highest BCUT2D eigenvalue weighted by molar-refractivity contribution is 7.91. The minimum Gasteiger partial charge on any atom is -0.492 e. The topological polar surface area (TPSA) is 106 Å². The number of nitrogens with one attached hydrogen (secondary N) is 1. The lowest BCUT2D eigenvalue weighted by molar-refractivity contribution is -0.120. The lowest BCUT2D eigenvalue weighted by atomic mass is 9.97. The van der Waals surface area contributed by atoms with Gasteiger partial charge >= 0.3 is 0 Å². The van der Waals surface area contributed by atoms with E-state index in [-0.39, 0.29) is 11.8 Å². The maximum Gasteiger partial charge on any atom is 0.252 e. The van der Waals surface area contributed by atoms with E-state index in [2.05, 4.69) is 10.4 Å². The van der Waals surface area contributed by atoms with Crippen LogP contribution in [-0.2, 0) is 14.8 Å². The number of aryl methyl sites for hydroxylation is 1. The lowest BCUT2D eigenvalue weighted by Gasteiger charge is -2.30. The van der Waals surface area contributed by atoms with Crippen LogP contribution >= 0.6 is 22.7 Å². The van der Waals surface area contributed by atoms with Gasteiger partial charge in [-0.1, -0.05) is 23.5 Å². The molecule has 0 spiro atoms. The van der Waals surface area contributed by atoms with Crippen molar-refractivity contribution in [1.29, 1.82) is 0 Å². The molecular weight excluding hydrogens is 506 g/mol. The van der Waals surface area contributed by atoms with E-state index in [0.717, 1.165) is 15.9 Å². The molecule has 35 heavy (non-hydrogen) atoms. The van der Waals surface area contributed by atoms with Crippen LogP contribution in [0.5, 0.6) is 5.75 Å². The van der Waals surface area contributed by atoms with E-state index in [1.165, 1.54) is 27.0 Å². The Hall–Kier alpha value is -2.80. The number of sulfonamides is 1. The standard InChI is InChI=1S/C23H25N5O4S3/c1-3-32-17-6-4-7-18-21(17)25-23(34-18)28-19(14-15(2)26-28)24-22(29)16-9-11-27(12-10-16)35(30,31)20-8-5-13-33-20/h4-8,13-14,16H,3,9-12H2,1-2H3,(H,24,29). The van der Waals surface area contributed by atoms with Crippen LogP contribution < -0.4 is 10.1 Å². The van der Waals surface area contributed by atoms with E-state index in [1.54, 1.807) is 22.2 Å². The number of amides is 1. The SMILES string of the molecule is CCOc1cccc2sc(-n3nc(C)cc3NC(=O)C3CCN(S(=O)(=O)c4cccs4)CC3)nc12. The first-order valence-electron chi connectivity index (χ1n) is 11.3. The average Bonchev–Trinajstić information content (AvgIpc) is 3.59. The third-order valence-electron chi connectivity index (χ3n) is 5.85.